The first-order valence-corrected chi connectivity index (χ1v) is 14.7. The average molecular weight is 558 g/mol. The molecule has 8 heteroatoms. The Hall–Kier alpha value is -2.49. The van der Waals surface area contributed by atoms with Crippen molar-refractivity contribution < 1.29 is 33.2 Å². The van der Waals surface area contributed by atoms with Gasteiger partial charge in [0.15, 0.2) is 0 Å². The van der Waals surface area contributed by atoms with Crippen LogP contribution in [0, 0.1) is 0 Å². The van der Waals surface area contributed by atoms with Crippen molar-refractivity contribution in [3.05, 3.63) is 59.7 Å². The van der Waals surface area contributed by atoms with Crippen LogP contribution in [0.3, 0.4) is 0 Å². The highest BCUT2D eigenvalue weighted by atomic mass is 16.6. The standard InChI is InChI=1S/C32H47NO7/c1-3-4-5-10-16-35-18-20-37-22-24-39-25-23-38-21-19-36-17-15-33(2)32(34)40-26-31-29-13-8-6-11-27(29)28-12-7-9-14-30(28)31/h6-9,11-14,31H,3-5,10,15-26H2,1-2H3. The van der Waals surface area contributed by atoms with Crippen molar-refractivity contribution in [3.63, 3.8) is 0 Å². The van der Waals surface area contributed by atoms with E-state index in [0.717, 1.165) is 13.0 Å². The molecule has 1 aliphatic rings. The fourth-order valence-corrected chi connectivity index (χ4v) is 4.61. The second-order valence-corrected chi connectivity index (χ2v) is 9.85. The topological polar surface area (TPSA) is 75.7 Å². The fraction of sp³-hybridized carbons (Fsp3) is 0.594. The number of hydrogen-bond donors (Lipinski definition) is 0. The molecule has 0 spiro atoms. The largest absolute Gasteiger partial charge is 0.448 e. The molecule has 40 heavy (non-hydrogen) atoms. The maximum atomic E-state index is 12.5. The second kappa shape index (κ2) is 19.6. The quantitative estimate of drug-likeness (QED) is 0.176. The van der Waals surface area contributed by atoms with Crippen LogP contribution < -0.4 is 0 Å². The number of unbranched alkanes of at least 4 members (excludes halogenated alkanes) is 3. The number of benzene rings is 2. The smallest absolute Gasteiger partial charge is 0.409 e. The summed E-state index contributed by atoms with van der Waals surface area (Å²) in [5.74, 6) is 0.0548. The van der Waals surface area contributed by atoms with Gasteiger partial charge in [0.25, 0.3) is 0 Å². The van der Waals surface area contributed by atoms with Crippen LogP contribution in [0.5, 0.6) is 0 Å². The first-order valence-electron chi connectivity index (χ1n) is 14.7. The predicted octanol–water partition coefficient (Wildman–Crippen LogP) is 5.53. The zero-order chi connectivity index (χ0) is 28.3. The lowest BCUT2D eigenvalue weighted by Gasteiger charge is -2.19. The van der Waals surface area contributed by atoms with Gasteiger partial charge in [0, 0.05) is 26.1 Å². The van der Waals surface area contributed by atoms with Crippen LogP contribution in [0.4, 0.5) is 4.79 Å². The number of ether oxygens (including phenoxy) is 6. The van der Waals surface area contributed by atoms with E-state index in [2.05, 4.69) is 31.2 Å². The lowest BCUT2D eigenvalue weighted by Crippen LogP contribution is -2.32. The molecule has 0 unspecified atom stereocenters. The molecule has 0 bridgehead atoms. The molecule has 8 nitrogen and oxygen atoms in total. The molecule has 0 saturated heterocycles. The van der Waals surface area contributed by atoms with Gasteiger partial charge in [-0.05, 0) is 28.7 Å². The third-order valence-corrected chi connectivity index (χ3v) is 6.85. The zero-order valence-corrected chi connectivity index (χ0v) is 24.3. The van der Waals surface area contributed by atoms with E-state index in [1.165, 1.54) is 41.5 Å². The fourth-order valence-electron chi connectivity index (χ4n) is 4.61. The molecule has 0 heterocycles. The van der Waals surface area contributed by atoms with E-state index in [1.54, 1.807) is 11.9 Å². The summed E-state index contributed by atoms with van der Waals surface area (Å²) in [7, 11) is 1.72. The molecule has 0 radical (unpaired) electrons. The third-order valence-electron chi connectivity index (χ3n) is 6.85. The Bertz CT molecular complexity index is 924. The molecule has 0 atom stereocenters. The van der Waals surface area contributed by atoms with E-state index in [9.17, 15) is 4.79 Å². The summed E-state index contributed by atoms with van der Waals surface area (Å²) in [5, 5.41) is 0. The summed E-state index contributed by atoms with van der Waals surface area (Å²) in [6, 6.07) is 16.6. The van der Waals surface area contributed by atoms with Crippen molar-refractivity contribution in [2.75, 3.05) is 86.3 Å². The van der Waals surface area contributed by atoms with Crippen molar-refractivity contribution in [2.24, 2.45) is 0 Å². The van der Waals surface area contributed by atoms with E-state index in [4.69, 9.17) is 28.4 Å². The molecule has 2 aromatic rings. The number of hydrogen-bond acceptors (Lipinski definition) is 7. The normalized spacial score (nSPS) is 12.3. The van der Waals surface area contributed by atoms with Gasteiger partial charge in [-0.15, -0.1) is 0 Å². The highest BCUT2D eigenvalue weighted by Gasteiger charge is 2.29. The molecule has 0 saturated carbocycles. The summed E-state index contributed by atoms with van der Waals surface area (Å²) >= 11 is 0. The molecule has 0 fully saturated rings. The monoisotopic (exact) mass is 557 g/mol. The van der Waals surface area contributed by atoms with Gasteiger partial charge in [0.1, 0.15) is 6.61 Å². The number of amides is 1. The maximum Gasteiger partial charge on any atom is 0.409 e. The first-order chi connectivity index (χ1) is 19.7. The van der Waals surface area contributed by atoms with Gasteiger partial charge >= 0.3 is 6.09 Å². The van der Waals surface area contributed by atoms with Gasteiger partial charge in [0.2, 0.25) is 0 Å². The van der Waals surface area contributed by atoms with E-state index >= 15 is 0 Å². The van der Waals surface area contributed by atoms with Crippen molar-refractivity contribution in [1.29, 1.82) is 0 Å². The van der Waals surface area contributed by atoms with E-state index in [0.29, 0.717) is 72.6 Å². The number of fused-ring (bicyclic) bond motifs is 3. The van der Waals surface area contributed by atoms with Crippen LogP contribution in [0.2, 0.25) is 0 Å². The highest BCUT2D eigenvalue weighted by molar-refractivity contribution is 5.79. The molecule has 0 N–H and O–H groups in total. The lowest BCUT2D eigenvalue weighted by molar-refractivity contribution is -0.0121. The molecule has 2 aromatic carbocycles. The van der Waals surface area contributed by atoms with Gasteiger partial charge in [-0.3, -0.25) is 0 Å². The van der Waals surface area contributed by atoms with Gasteiger partial charge in [-0.2, -0.15) is 0 Å². The zero-order valence-electron chi connectivity index (χ0n) is 24.3. The van der Waals surface area contributed by atoms with E-state index < -0.39 is 0 Å². The third kappa shape index (κ3) is 11.2. The van der Waals surface area contributed by atoms with Gasteiger partial charge in [-0.1, -0.05) is 74.7 Å². The molecule has 1 aliphatic carbocycles. The van der Waals surface area contributed by atoms with Crippen molar-refractivity contribution in [2.45, 2.75) is 38.5 Å². The number of carbonyl (C=O) groups excluding carboxylic acids is 1. The Labute approximate surface area is 239 Å². The SMILES string of the molecule is CCCCCCOCCOCCOCCOCCOCCN(C)C(=O)OCC1c2ccccc2-c2ccccc21. The Morgan fingerprint density at radius 3 is 1.65 bits per heavy atom. The van der Waals surface area contributed by atoms with E-state index in [1.807, 2.05) is 24.3 Å². The molecular weight excluding hydrogens is 510 g/mol. The van der Waals surface area contributed by atoms with E-state index in [-0.39, 0.29) is 12.0 Å². The summed E-state index contributed by atoms with van der Waals surface area (Å²) in [6.07, 6.45) is 4.53. The summed E-state index contributed by atoms with van der Waals surface area (Å²) < 4.78 is 33.3. The molecule has 3 rings (SSSR count). The second-order valence-electron chi connectivity index (χ2n) is 9.85. The van der Waals surface area contributed by atoms with Crippen LogP contribution >= 0.6 is 0 Å². The predicted molar refractivity (Wildman–Crippen MR) is 156 cm³/mol. The molecule has 0 aromatic heterocycles. The van der Waals surface area contributed by atoms with Crippen molar-refractivity contribution in [3.8, 4) is 11.1 Å². The van der Waals surface area contributed by atoms with Gasteiger partial charge in [0.05, 0.1) is 59.5 Å². The summed E-state index contributed by atoms with van der Waals surface area (Å²) in [6.45, 7) is 8.48. The van der Waals surface area contributed by atoms with Crippen LogP contribution in [-0.4, -0.2) is 97.3 Å². The number of rotatable bonds is 22. The minimum Gasteiger partial charge on any atom is -0.448 e. The number of nitrogens with zero attached hydrogens (tertiary/aromatic N) is 1. The summed E-state index contributed by atoms with van der Waals surface area (Å²) in [5.41, 5.74) is 4.84. The Morgan fingerprint density at radius 2 is 1.12 bits per heavy atom. The number of likely N-dealkylation sites (N-methyl/N-ethyl adjacent to an activating group) is 1. The van der Waals surface area contributed by atoms with Crippen LogP contribution in [0.25, 0.3) is 11.1 Å². The maximum absolute atomic E-state index is 12.5. The lowest BCUT2D eigenvalue weighted by atomic mass is 9.98. The van der Waals surface area contributed by atoms with Crippen LogP contribution in [0.15, 0.2) is 48.5 Å². The number of carbonyl (C=O) groups is 1. The Morgan fingerprint density at radius 1 is 0.650 bits per heavy atom. The first kappa shape index (κ1) is 32.0. The molecule has 1 amide bonds. The minimum absolute atomic E-state index is 0.0548. The molecule has 0 aliphatic heterocycles. The summed E-state index contributed by atoms with van der Waals surface area (Å²) in [4.78, 5) is 14.1. The molecule has 222 valence electrons. The Balaban J connectivity index is 1.12. The highest BCUT2D eigenvalue weighted by Crippen LogP contribution is 2.44. The average Bonchev–Trinajstić information content (AvgIpc) is 3.30. The van der Waals surface area contributed by atoms with Crippen LogP contribution in [0.1, 0.15) is 49.7 Å². The van der Waals surface area contributed by atoms with Crippen molar-refractivity contribution >= 4 is 6.09 Å². The minimum atomic E-state index is -0.349. The van der Waals surface area contributed by atoms with Crippen molar-refractivity contribution in [1.82, 2.24) is 4.90 Å². The Kier molecular flexibility index (Phi) is 15.7. The van der Waals surface area contributed by atoms with Gasteiger partial charge in [-0.25, -0.2) is 4.79 Å². The van der Waals surface area contributed by atoms with Crippen LogP contribution in [-0.2, 0) is 28.4 Å². The van der Waals surface area contributed by atoms with Gasteiger partial charge < -0.3 is 33.3 Å². The molecular formula is C32H47NO7.